The number of hydrogen-bond acceptors (Lipinski definition) is 7. The molecule has 1 amide bonds. The third-order valence-electron chi connectivity index (χ3n) is 5.17. The molecule has 0 radical (unpaired) electrons. The molecule has 0 fully saturated rings. The fourth-order valence-electron chi connectivity index (χ4n) is 3.47. The topological polar surface area (TPSA) is 124 Å². The molecule has 1 N–H and O–H groups in total. The molecule has 0 spiro atoms. The van der Waals surface area contributed by atoms with E-state index in [0.717, 1.165) is 10.2 Å². The molecular weight excluding hydrogens is 436 g/mol. The van der Waals surface area contributed by atoms with E-state index in [4.69, 9.17) is 4.52 Å². The van der Waals surface area contributed by atoms with Gasteiger partial charge in [-0.25, -0.2) is 13.9 Å². The van der Waals surface area contributed by atoms with Crippen LogP contribution in [0.3, 0.4) is 0 Å². The summed E-state index contributed by atoms with van der Waals surface area (Å²) in [4.78, 5) is 41.2. The van der Waals surface area contributed by atoms with Crippen LogP contribution in [0.15, 0.2) is 82.2 Å². The molecule has 10 heteroatoms. The van der Waals surface area contributed by atoms with E-state index >= 15 is 0 Å². The fraction of sp³-hybridized carbons (Fsp3) is 0.0833. The summed E-state index contributed by atoms with van der Waals surface area (Å²) >= 11 is 0. The van der Waals surface area contributed by atoms with Gasteiger partial charge in [-0.05, 0) is 43.3 Å². The van der Waals surface area contributed by atoms with E-state index in [9.17, 15) is 14.4 Å². The van der Waals surface area contributed by atoms with Crippen LogP contribution < -0.4 is 11.0 Å². The lowest BCUT2D eigenvalue weighted by Gasteiger charge is -2.05. The first-order chi connectivity index (χ1) is 16.5. The Hall–Kier alpha value is -4.86. The molecule has 5 aromatic rings. The average molecular weight is 454 g/mol. The number of fused-ring (bicyclic) bond motifs is 1. The third kappa shape index (κ3) is 3.99. The standard InChI is InChI=1S/C24H18N6O4/c1-15(31)16-9-11-18(12-10-16)25-20(32)14-30-24(33)29-13-5-8-19(22(29)27-30)23-26-21(28-34-23)17-6-3-2-4-7-17/h2-13H,14H2,1H3,(H,25,32). The summed E-state index contributed by atoms with van der Waals surface area (Å²) in [6, 6.07) is 19.2. The number of amides is 1. The second-order valence-corrected chi connectivity index (χ2v) is 7.53. The van der Waals surface area contributed by atoms with Crippen molar-refractivity contribution >= 4 is 23.0 Å². The van der Waals surface area contributed by atoms with E-state index < -0.39 is 11.6 Å². The number of ketones is 1. The number of pyridine rings is 1. The Morgan fingerprint density at radius 3 is 2.50 bits per heavy atom. The normalized spacial score (nSPS) is 11.0. The summed E-state index contributed by atoms with van der Waals surface area (Å²) in [7, 11) is 0. The van der Waals surface area contributed by atoms with E-state index in [0.29, 0.717) is 22.6 Å². The molecule has 0 unspecified atom stereocenters. The Morgan fingerprint density at radius 1 is 1.00 bits per heavy atom. The molecule has 3 heterocycles. The zero-order valence-electron chi connectivity index (χ0n) is 18.0. The van der Waals surface area contributed by atoms with Gasteiger partial charge in [-0.2, -0.15) is 4.98 Å². The van der Waals surface area contributed by atoms with E-state index in [1.807, 2.05) is 30.3 Å². The first-order valence-corrected chi connectivity index (χ1v) is 10.4. The van der Waals surface area contributed by atoms with Crippen LogP contribution in [0, 0.1) is 0 Å². The largest absolute Gasteiger partial charge is 0.350 e. The maximum absolute atomic E-state index is 12.8. The van der Waals surface area contributed by atoms with Crippen molar-refractivity contribution in [1.82, 2.24) is 24.3 Å². The number of rotatable bonds is 6. The van der Waals surface area contributed by atoms with Crippen LogP contribution >= 0.6 is 0 Å². The minimum Gasteiger partial charge on any atom is -0.333 e. The van der Waals surface area contributed by atoms with E-state index in [-0.39, 0.29) is 23.9 Å². The molecule has 168 valence electrons. The summed E-state index contributed by atoms with van der Waals surface area (Å²) in [6.07, 6.45) is 1.55. The van der Waals surface area contributed by atoms with Gasteiger partial charge in [0, 0.05) is 23.0 Å². The van der Waals surface area contributed by atoms with Crippen LogP contribution in [-0.2, 0) is 11.3 Å². The van der Waals surface area contributed by atoms with Crippen molar-refractivity contribution in [1.29, 1.82) is 0 Å². The summed E-state index contributed by atoms with van der Waals surface area (Å²) in [5.74, 6) is 0.111. The molecule has 0 atom stereocenters. The molecule has 5 rings (SSSR count). The Kier molecular flexibility index (Phi) is 5.30. The van der Waals surface area contributed by atoms with Crippen molar-refractivity contribution in [3.8, 4) is 22.8 Å². The highest BCUT2D eigenvalue weighted by molar-refractivity contribution is 5.95. The van der Waals surface area contributed by atoms with Gasteiger partial charge >= 0.3 is 5.69 Å². The number of aromatic nitrogens is 5. The minimum atomic E-state index is -0.485. The number of nitrogens with zero attached hydrogens (tertiary/aromatic N) is 5. The number of carbonyl (C=O) groups is 2. The zero-order chi connectivity index (χ0) is 23.7. The highest BCUT2D eigenvalue weighted by atomic mass is 16.5. The minimum absolute atomic E-state index is 0.0675. The summed E-state index contributed by atoms with van der Waals surface area (Å²) in [5.41, 5.74) is 2.11. The van der Waals surface area contributed by atoms with Crippen molar-refractivity contribution in [2.45, 2.75) is 13.5 Å². The Bertz CT molecular complexity index is 1560. The molecule has 0 aliphatic rings. The molecule has 0 aliphatic heterocycles. The van der Waals surface area contributed by atoms with Crippen molar-refractivity contribution in [3.63, 3.8) is 0 Å². The Labute approximate surface area is 192 Å². The van der Waals surface area contributed by atoms with Gasteiger partial charge in [0.1, 0.15) is 6.54 Å². The molecule has 34 heavy (non-hydrogen) atoms. The average Bonchev–Trinajstić information content (AvgIpc) is 3.45. The number of carbonyl (C=O) groups excluding carboxylic acids is 2. The Morgan fingerprint density at radius 2 is 1.76 bits per heavy atom. The van der Waals surface area contributed by atoms with Gasteiger partial charge in [0.2, 0.25) is 11.7 Å². The molecule has 10 nitrogen and oxygen atoms in total. The van der Waals surface area contributed by atoms with Gasteiger partial charge in [0.15, 0.2) is 11.4 Å². The van der Waals surface area contributed by atoms with E-state index in [1.54, 1.807) is 42.6 Å². The first kappa shape index (κ1) is 21.0. The van der Waals surface area contributed by atoms with Gasteiger partial charge in [-0.15, -0.1) is 5.10 Å². The monoisotopic (exact) mass is 454 g/mol. The van der Waals surface area contributed by atoms with E-state index in [2.05, 4.69) is 20.6 Å². The van der Waals surface area contributed by atoms with Gasteiger partial charge < -0.3 is 9.84 Å². The van der Waals surface area contributed by atoms with Gasteiger partial charge in [0.25, 0.3) is 5.89 Å². The first-order valence-electron chi connectivity index (χ1n) is 10.4. The third-order valence-corrected chi connectivity index (χ3v) is 5.17. The molecule has 0 aliphatic carbocycles. The Balaban J connectivity index is 1.41. The lowest BCUT2D eigenvalue weighted by atomic mass is 10.1. The predicted molar refractivity (Wildman–Crippen MR) is 123 cm³/mol. The van der Waals surface area contributed by atoms with Gasteiger partial charge in [-0.3, -0.25) is 9.59 Å². The van der Waals surface area contributed by atoms with Crippen molar-refractivity contribution in [2.24, 2.45) is 0 Å². The van der Waals surface area contributed by atoms with Crippen molar-refractivity contribution in [2.75, 3.05) is 5.32 Å². The van der Waals surface area contributed by atoms with Crippen LogP contribution in [-0.4, -0.2) is 36.0 Å². The molecule has 0 bridgehead atoms. The van der Waals surface area contributed by atoms with Crippen LogP contribution in [0.2, 0.25) is 0 Å². The lowest BCUT2D eigenvalue weighted by Crippen LogP contribution is -2.28. The van der Waals surface area contributed by atoms with Gasteiger partial charge in [0.05, 0.1) is 5.56 Å². The molecule has 0 saturated carbocycles. The predicted octanol–water partition coefficient (Wildman–Crippen LogP) is 3.05. The number of anilines is 1. The second-order valence-electron chi connectivity index (χ2n) is 7.53. The van der Waals surface area contributed by atoms with E-state index in [1.165, 1.54) is 11.3 Å². The summed E-state index contributed by atoms with van der Waals surface area (Å²) in [5, 5.41) is 11.0. The maximum Gasteiger partial charge on any atom is 0.350 e. The van der Waals surface area contributed by atoms with Crippen LogP contribution in [0.5, 0.6) is 0 Å². The lowest BCUT2D eigenvalue weighted by molar-refractivity contribution is -0.117. The van der Waals surface area contributed by atoms with Crippen LogP contribution in [0.1, 0.15) is 17.3 Å². The highest BCUT2D eigenvalue weighted by Crippen LogP contribution is 2.24. The fourth-order valence-corrected chi connectivity index (χ4v) is 3.47. The molecule has 3 aromatic heterocycles. The molecule has 0 saturated heterocycles. The van der Waals surface area contributed by atoms with Crippen LogP contribution in [0.25, 0.3) is 28.5 Å². The smallest absolute Gasteiger partial charge is 0.333 e. The zero-order valence-corrected chi connectivity index (χ0v) is 18.0. The maximum atomic E-state index is 12.8. The number of Topliss-reactive ketones (excluding diaryl/α,β-unsaturated/α-hetero) is 1. The highest BCUT2D eigenvalue weighted by Gasteiger charge is 2.18. The van der Waals surface area contributed by atoms with Crippen molar-refractivity contribution < 1.29 is 14.1 Å². The summed E-state index contributed by atoms with van der Waals surface area (Å²) < 4.78 is 7.80. The molecular formula is C24H18N6O4. The number of nitrogens with one attached hydrogen (secondary N) is 1. The van der Waals surface area contributed by atoms with Crippen LogP contribution in [0.4, 0.5) is 5.69 Å². The van der Waals surface area contributed by atoms with Crippen molar-refractivity contribution in [3.05, 3.63) is 89.0 Å². The second kappa shape index (κ2) is 8.58. The number of benzene rings is 2. The summed E-state index contributed by atoms with van der Waals surface area (Å²) in [6.45, 7) is 1.17. The SMILES string of the molecule is CC(=O)c1ccc(NC(=O)Cn2nc3c(-c4nc(-c5ccccc5)no4)cccn3c2=O)cc1. The number of hydrogen-bond donors (Lipinski definition) is 1. The molecule has 2 aromatic carbocycles. The van der Waals surface area contributed by atoms with Gasteiger partial charge in [-0.1, -0.05) is 35.5 Å². The quantitative estimate of drug-likeness (QED) is 0.391.